The highest BCUT2D eigenvalue weighted by Crippen LogP contribution is 2.32. The summed E-state index contributed by atoms with van der Waals surface area (Å²) in [5, 5.41) is 4.03. The van der Waals surface area contributed by atoms with Crippen molar-refractivity contribution in [3.05, 3.63) is 29.7 Å². The molecule has 0 N–H and O–H groups in total. The van der Waals surface area contributed by atoms with Gasteiger partial charge >= 0.3 is 0 Å². The monoisotopic (exact) mass is 372 g/mol. The number of likely N-dealkylation sites (tertiary alicyclic amines) is 1. The van der Waals surface area contributed by atoms with Gasteiger partial charge in [0.1, 0.15) is 6.04 Å². The topological polar surface area (TPSA) is 97.5 Å². The van der Waals surface area contributed by atoms with Crippen LogP contribution in [0.1, 0.15) is 60.7 Å². The number of carbonyl (C=O) groups is 1. The van der Waals surface area contributed by atoms with Crippen LogP contribution in [0.5, 0.6) is 0 Å². The molecule has 1 amide bonds. The summed E-state index contributed by atoms with van der Waals surface area (Å²) in [6.07, 6.45) is 4.92. The van der Waals surface area contributed by atoms with Crippen LogP contribution in [0.3, 0.4) is 0 Å². The lowest BCUT2D eigenvalue weighted by atomic mass is 10.2. The van der Waals surface area contributed by atoms with E-state index in [2.05, 4.69) is 25.0 Å². The first-order chi connectivity index (χ1) is 13.1. The Hall–Kier alpha value is -2.55. The molecule has 2 fully saturated rings. The first-order valence-electron chi connectivity index (χ1n) is 9.42. The number of ether oxygens (including phenoxy) is 1. The number of rotatable bonds is 4. The third-order valence-corrected chi connectivity index (χ3v) is 4.95. The van der Waals surface area contributed by atoms with Crippen molar-refractivity contribution in [3.63, 3.8) is 0 Å². The third-order valence-electron chi connectivity index (χ3n) is 4.95. The van der Waals surface area contributed by atoms with Gasteiger partial charge in [0.15, 0.2) is 5.82 Å². The zero-order chi connectivity index (χ0) is 18.8. The minimum Gasteiger partial charge on any atom is -0.378 e. The minimum absolute atomic E-state index is 0.102. The second-order valence-electron chi connectivity index (χ2n) is 7.17. The molecule has 0 bridgehead atoms. The molecule has 2 saturated heterocycles. The Morgan fingerprint density at radius 2 is 1.93 bits per heavy atom. The zero-order valence-electron chi connectivity index (χ0n) is 15.7. The molecule has 0 saturated carbocycles. The van der Waals surface area contributed by atoms with Gasteiger partial charge in [0.25, 0.3) is 5.91 Å². The molecule has 9 nitrogen and oxygen atoms in total. The molecule has 9 heteroatoms. The molecule has 2 aliphatic rings. The van der Waals surface area contributed by atoms with Crippen LogP contribution in [0.2, 0.25) is 0 Å². The number of hydrogen-bond acceptors (Lipinski definition) is 8. The van der Waals surface area contributed by atoms with E-state index in [1.54, 1.807) is 17.3 Å². The summed E-state index contributed by atoms with van der Waals surface area (Å²) >= 11 is 0. The Kier molecular flexibility index (Phi) is 5.02. The van der Waals surface area contributed by atoms with Crippen molar-refractivity contribution in [2.75, 3.05) is 37.7 Å². The number of aromatic nitrogens is 4. The number of carbonyl (C=O) groups excluding carboxylic acids is 1. The Bertz CT molecular complexity index is 785. The van der Waals surface area contributed by atoms with Gasteiger partial charge in [-0.15, -0.1) is 0 Å². The molecule has 0 aromatic carbocycles. The fourth-order valence-electron chi connectivity index (χ4n) is 3.41. The van der Waals surface area contributed by atoms with Crippen LogP contribution in [0.25, 0.3) is 0 Å². The van der Waals surface area contributed by atoms with Crippen LogP contribution in [0.15, 0.2) is 16.9 Å². The van der Waals surface area contributed by atoms with Crippen molar-refractivity contribution in [1.82, 2.24) is 25.0 Å². The molecule has 4 heterocycles. The zero-order valence-corrected chi connectivity index (χ0v) is 15.7. The Morgan fingerprint density at radius 3 is 2.59 bits per heavy atom. The normalized spacial score (nSPS) is 20.5. The standard InChI is InChI=1S/C18H24N6O3/c1-12(2)15-21-16(27-22-15)14-4-3-5-24(14)17(25)13-10-19-18(20-11-13)23-6-8-26-9-7-23/h10-12,14H,3-9H2,1-2H3/t14-/m0/s1. The minimum atomic E-state index is -0.184. The van der Waals surface area contributed by atoms with Gasteiger partial charge in [0.2, 0.25) is 11.8 Å². The number of morpholine rings is 1. The molecule has 4 rings (SSSR count). The quantitative estimate of drug-likeness (QED) is 0.801. The maximum absolute atomic E-state index is 13.0. The van der Waals surface area contributed by atoms with Crippen LogP contribution >= 0.6 is 0 Å². The molecule has 0 radical (unpaired) electrons. The van der Waals surface area contributed by atoms with Crippen LogP contribution < -0.4 is 4.90 Å². The summed E-state index contributed by atoms with van der Waals surface area (Å²) in [6.45, 7) is 7.55. The molecule has 144 valence electrons. The molecule has 2 aromatic rings. The van der Waals surface area contributed by atoms with E-state index in [1.807, 2.05) is 13.8 Å². The second-order valence-corrected chi connectivity index (χ2v) is 7.17. The number of anilines is 1. The number of nitrogens with zero attached hydrogens (tertiary/aromatic N) is 6. The lowest BCUT2D eigenvalue weighted by Gasteiger charge is -2.27. The largest absolute Gasteiger partial charge is 0.378 e. The summed E-state index contributed by atoms with van der Waals surface area (Å²) in [5.41, 5.74) is 0.475. The van der Waals surface area contributed by atoms with E-state index in [9.17, 15) is 4.79 Å². The first-order valence-corrected chi connectivity index (χ1v) is 9.42. The lowest BCUT2D eigenvalue weighted by Crippen LogP contribution is -2.37. The van der Waals surface area contributed by atoms with Crippen molar-refractivity contribution >= 4 is 11.9 Å². The van der Waals surface area contributed by atoms with E-state index in [1.165, 1.54) is 0 Å². The number of hydrogen-bond donors (Lipinski definition) is 0. The van der Waals surface area contributed by atoms with Gasteiger partial charge in [0.05, 0.1) is 18.8 Å². The average molecular weight is 372 g/mol. The molecule has 27 heavy (non-hydrogen) atoms. The number of amides is 1. The van der Waals surface area contributed by atoms with Crippen LogP contribution in [0.4, 0.5) is 5.95 Å². The maximum atomic E-state index is 13.0. The fraction of sp³-hybridized carbons (Fsp3) is 0.611. The van der Waals surface area contributed by atoms with E-state index in [4.69, 9.17) is 9.26 Å². The Labute approximate surface area is 157 Å². The lowest BCUT2D eigenvalue weighted by molar-refractivity contribution is 0.0709. The predicted molar refractivity (Wildman–Crippen MR) is 96.5 cm³/mol. The van der Waals surface area contributed by atoms with Crippen molar-refractivity contribution < 1.29 is 14.1 Å². The SMILES string of the molecule is CC(C)c1noc([C@@H]2CCCN2C(=O)c2cnc(N3CCOCC3)nc2)n1. The summed E-state index contributed by atoms with van der Waals surface area (Å²) in [7, 11) is 0. The van der Waals surface area contributed by atoms with Gasteiger partial charge in [0, 0.05) is 37.9 Å². The Morgan fingerprint density at radius 1 is 1.19 bits per heavy atom. The van der Waals surface area contributed by atoms with Crippen LogP contribution in [-0.2, 0) is 4.74 Å². The van der Waals surface area contributed by atoms with Gasteiger partial charge < -0.3 is 19.1 Å². The van der Waals surface area contributed by atoms with Gasteiger partial charge in [-0.2, -0.15) is 4.98 Å². The van der Waals surface area contributed by atoms with Gasteiger partial charge in [-0.3, -0.25) is 4.79 Å². The summed E-state index contributed by atoms with van der Waals surface area (Å²) < 4.78 is 10.8. The smallest absolute Gasteiger partial charge is 0.257 e. The average Bonchev–Trinajstić information content (AvgIpc) is 3.37. The van der Waals surface area contributed by atoms with Crippen molar-refractivity contribution in [2.24, 2.45) is 0 Å². The molecule has 0 unspecified atom stereocenters. The van der Waals surface area contributed by atoms with E-state index in [0.29, 0.717) is 43.0 Å². The van der Waals surface area contributed by atoms with E-state index < -0.39 is 0 Å². The van der Waals surface area contributed by atoms with E-state index >= 15 is 0 Å². The maximum Gasteiger partial charge on any atom is 0.257 e. The highest BCUT2D eigenvalue weighted by Gasteiger charge is 2.35. The fourth-order valence-corrected chi connectivity index (χ4v) is 3.41. The van der Waals surface area contributed by atoms with Crippen molar-refractivity contribution in [3.8, 4) is 0 Å². The van der Waals surface area contributed by atoms with Crippen molar-refractivity contribution in [2.45, 2.75) is 38.6 Å². The molecule has 0 spiro atoms. The first kappa shape index (κ1) is 17.8. The molecular weight excluding hydrogens is 348 g/mol. The van der Waals surface area contributed by atoms with Crippen LogP contribution in [-0.4, -0.2) is 63.8 Å². The Balaban J connectivity index is 1.49. The van der Waals surface area contributed by atoms with Gasteiger partial charge in [-0.05, 0) is 12.8 Å². The van der Waals surface area contributed by atoms with Gasteiger partial charge in [-0.25, -0.2) is 9.97 Å². The summed E-state index contributed by atoms with van der Waals surface area (Å²) in [4.78, 5) is 30.1. The van der Waals surface area contributed by atoms with E-state index in [0.717, 1.165) is 25.9 Å². The summed E-state index contributed by atoms with van der Waals surface area (Å²) in [6, 6.07) is -0.184. The molecule has 0 aliphatic carbocycles. The van der Waals surface area contributed by atoms with Gasteiger partial charge in [-0.1, -0.05) is 19.0 Å². The molecule has 1 atom stereocenters. The molecular formula is C18H24N6O3. The highest BCUT2D eigenvalue weighted by atomic mass is 16.5. The van der Waals surface area contributed by atoms with Crippen molar-refractivity contribution in [1.29, 1.82) is 0 Å². The second kappa shape index (κ2) is 7.59. The summed E-state index contributed by atoms with van der Waals surface area (Å²) in [5.74, 6) is 1.90. The third kappa shape index (κ3) is 3.64. The molecule has 2 aromatic heterocycles. The molecule has 2 aliphatic heterocycles. The van der Waals surface area contributed by atoms with E-state index in [-0.39, 0.29) is 17.9 Å². The highest BCUT2D eigenvalue weighted by molar-refractivity contribution is 5.94. The van der Waals surface area contributed by atoms with Crippen LogP contribution in [0, 0.1) is 0 Å². The predicted octanol–water partition coefficient (Wildman–Crippen LogP) is 1.80.